The van der Waals surface area contributed by atoms with Gasteiger partial charge in [0.2, 0.25) is 35.4 Å². The van der Waals surface area contributed by atoms with Crippen molar-refractivity contribution in [2.24, 2.45) is 10.8 Å². The van der Waals surface area contributed by atoms with Crippen molar-refractivity contribution in [2.45, 2.75) is 182 Å². The highest BCUT2D eigenvalue weighted by Crippen LogP contribution is 2.29. The van der Waals surface area contributed by atoms with Crippen LogP contribution in [0.4, 0.5) is 0 Å². The molecule has 2 fully saturated rings. The van der Waals surface area contributed by atoms with Crippen molar-refractivity contribution in [1.29, 1.82) is 0 Å². The number of likely N-dealkylation sites (tertiary alicyclic amines) is 2. The van der Waals surface area contributed by atoms with Crippen LogP contribution in [0.3, 0.4) is 0 Å². The third-order valence-electron chi connectivity index (χ3n) is 15.2. The number of nitrogens with zero attached hydrogens (tertiary/aromatic N) is 12. The van der Waals surface area contributed by atoms with Gasteiger partial charge in [-0.25, -0.2) is 9.36 Å². The molecule has 4 N–H and O–H groups in total. The number of hydrogen-bond acceptors (Lipinski definition) is 14. The number of nitrogens with one attached hydrogen (secondary N) is 4. The van der Waals surface area contributed by atoms with Gasteiger partial charge in [-0.3, -0.25) is 28.8 Å². The number of tetrazole rings is 2. The zero-order valence-corrected chi connectivity index (χ0v) is 47.8. The Morgan fingerprint density at radius 2 is 0.974 bits per heavy atom. The minimum Gasteiger partial charge on any atom is -0.342 e. The molecule has 0 bridgehead atoms. The van der Waals surface area contributed by atoms with Gasteiger partial charge in [0.15, 0.2) is 0 Å². The fourth-order valence-electron chi connectivity index (χ4n) is 10.2. The maximum Gasteiger partial charge on any atom is 0.246 e. The number of likely N-dealkylation sites (N-methyl/N-ethyl adjacent to an activating group) is 2. The van der Waals surface area contributed by atoms with E-state index >= 15 is 0 Å². The van der Waals surface area contributed by atoms with Crippen LogP contribution in [0.1, 0.15) is 144 Å². The third kappa shape index (κ3) is 16.9. The SMILES string of the molecule is CN[C@@H](C)C(=O)N[C@H](C(=O)N1CCC[C@H]1CN(Cc1cccc(-n2cnnn2)c1)C(=O)CCCCCCCCC(=O)N(Cc1cccc(-n2cnnn2)c1)C[C@@H]1CCCN1C(=O)[C@@H](NC(=O)[C@H](C)NC)C(C)(C)C)C(C)(C)C. The highest BCUT2D eigenvalue weighted by molar-refractivity contribution is 5.91. The number of rotatable bonds is 27. The Balaban J connectivity index is 1.06. The Bertz CT molecular complexity index is 2400. The molecule has 2 aliphatic heterocycles. The van der Waals surface area contributed by atoms with Crippen LogP contribution in [0.5, 0.6) is 0 Å². The van der Waals surface area contributed by atoms with E-state index in [9.17, 15) is 28.8 Å². The fraction of sp³-hybridized carbons (Fsp3) is 0.643. The Morgan fingerprint density at radius 3 is 1.32 bits per heavy atom. The minimum atomic E-state index is -0.745. The highest BCUT2D eigenvalue weighted by atomic mass is 16.2. The summed E-state index contributed by atoms with van der Waals surface area (Å²) in [4.78, 5) is 91.0. The van der Waals surface area contributed by atoms with Gasteiger partial charge in [-0.2, -0.15) is 0 Å². The lowest BCUT2D eigenvalue weighted by Crippen LogP contribution is -2.59. The van der Waals surface area contributed by atoms with Gasteiger partial charge in [0.05, 0.1) is 23.5 Å². The van der Waals surface area contributed by atoms with Gasteiger partial charge in [-0.05, 0) is 134 Å². The van der Waals surface area contributed by atoms with Gasteiger partial charge < -0.3 is 40.9 Å². The first-order valence-electron chi connectivity index (χ1n) is 27.9. The van der Waals surface area contributed by atoms with Crippen LogP contribution in [-0.4, -0.2) is 172 Å². The Kier molecular flexibility index (Phi) is 21.9. The van der Waals surface area contributed by atoms with Crippen molar-refractivity contribution in [3.8, 4) is 11.4 Å². The molecule has 6 rings (SSSR count). The molecular formula is C56H86N16O6. The number of amides is 6. The number of carbonyl (C=O) groups is 6. The monoisotopic (exact) mass is 1080 g/mol. The zero-order chi connectivity index (χ0) is 56.6. The second kappa shape index (κ2) is 28.3. The summed E-state index contributed by atoms with van der Waals surface area (Å²) in [6.45, 7) is 17.7. The predicted octanol–water partition coefficient (Wildman–Crippen LogP) is 4.38. The first-order valence-corrected chi connectivity index (χ1v) is 27.9. The summed E-state index contributed by atoms with van der Waals surface area (Å²) >= 11 is 0. The van der Waals surface area contributed by atoms with Gasteiger partial charge in [0.1, 0.15) is 24.7 Å². The summed E-state index contributed by atoms with van der Waals surface area (Å²) in [6.07, 6.45) is 11.7. The molecule has 4 heterocycles. The van der Waals surface area contributed by atoms with Gasteiger partial charge in [-0.15, -0.1) is 10.2 Å². The lowest BCUT2D eigenvalue weighted by atomic mass is 9.85. The highest BCUT2D eigenvalue weighted by Gasteiger charge is 2.42. The van der Waals surface area contributed by atoms with E-state index in [2.05, 4.69) is 52.3 Å². The van der Waals surface area contributed by atoms with Crippen molar-refractivity contribution < 1.29 is 28.8 Å². The quantitative estimate of drug-likeness (QED) is 0.0606. The van der Waals surface area contributed by atoms with Crippen molar-refractivity contribution in [3.63, 3.8) is 0 Å². The molecule has 22 heteroatoms. The summed E-state index contributed by atoms with van der Waals surface area (Å²) in [6, 6.07) is 12.6. The average molecular weight is 1080 g/mol. The molecule has 78 heavy (non-hydrogen) atoms. The van der Waals surface area contributed by atoms with E-state index in [1.165, 1.54) is 12.7 Å². The summed E-state index contributed by atoms with van der Waals surface area (Å²) in [5.41, 5.74) is 2.25. The van der Waals surface area contributed by atoms with Crippen LogP contribution in [0, 0.1) is 10.8 Å². The van der Waals surface area contributed by atoms with Crippen molar-refractivity contribution in [3.05, 3.63) is 72.3 Å². The number of carbonyl (C=O) groups excluding carboxylic acids is 6. The summed E-state index contributed by atoms with van der Waals surface area (Å²) in [5, 5.41) is 35.2. The first kappa shape index (κ1) is 60.5. The van der Waals surface area contributed by atoms with Gasteiger partial charge in [0.25, 0.3) is 0 Å². The molecule has 426 valence electrons. The van der Waals surface area contributed by atoms with E-state index in [0.717, 1.165) is 73.9 Å². The van der Waals surface area contributed by atoms with Gasteiger partial charge >= 0.3 is 0 Å². The molecule has 0 unspecified atom stereocenters. The van der Waals surface area contributed by atoms with E-state index in [4.69, 9.17) is 0 Å². The Morgan fingerprint density at radius 1 is 0.590 bits per heavy atom. The molecule has 0 saturated carbocycles. The van der Waals surface area contributed by atoms with Gasteiger partial charge in [0, 0.05) is 64.2 Å². The summed E-state index contributed by atoms with van der Waals surface area (Å²) < 4.78 is 3.15. The maximum absolute atomic E-state index is 14.4. The average Bonchev–Trinajstić information content (AvgIpc) is 4.35. The number of hydrogen-bond donors (Lipinski definition) is 4. The first-order chi connectivity index (χ1) is 37.2. The van der Waals surface area contributed by atoms with E-state index < -0.39 is 35.0 Å². The summed E-state index contributed by atoms with van der Waals surface area (Å²) in [7, 11) is 3.42. The second-order valence-electron chi connectivity index (χ2n) is 23.3. The second-order valence-corrected chi connectivity index (χ2v) is 23.3. The lowest BCUT2D eigenvalue weighted by Gasteiger charge is -2.37. The zero-order valence-electron chi connectivity index (χ0n) is 47.8. The van der Waals surface area contributed by atoms with Crippen LogP contribution < -0.4 is 21.3 Å². The van der Waals surface area contributed by atoms with Crippen LogP contribution in [0.15, 0.2) is 61.2 Å². The molecule has 2 aromatic carbocycles. The summed E-state index contributed by atoms with van der Waals surface area (Å²) in [5.74, 6) is -0.767. The van der Waals surface area contributed by atoms with Crippen molar-refractivity contribution in [2.75, 3.05) is 40.3 Å². The van der Waals surface area contributed by atoms with Gasteiger partial charge in [-0.1, -0.05) is 91.5 Å². The molecular weight excluding hydrogens is 993 g/mol. The minimum absolute atomic E-state index is 0.00410. The maximum atomic E-state index is 14.4. The molecule has 22 nitrogen and oxygen atoms in total. The van der Waals surface area contributed by atoms with Crippen molar-refractivity contribution in [1.82, 2.24) is 81.3 Å². The van der Waals surface area contributed by atoms with E-state index in [1.807, 2.05) is 110 Å². The fourth-order valence-corrected chi connectivity index (χ4v) is 10.2. The van der Waals surface area contributed by atoms with Crippen LogP contribution in [-0.2, 0) is 41.9 Å². The molecule has 6 amide bonds. The predicted molar refractivity (Wildman–Crippen MR) is 295 cm³/mol. The molecule has 4 aromatic rings. The molecule has 0 spiro atoms. The van der Waals surface area contributed by atoms with Crippen LogP contribution in [0.25, 0.3) is 11.4 Å². The number of aromatic nitrogens is 8. The van der Waals surface area contributed by atoms with E-state index in [-0.39, 0.29) is 47.5 Å². The van der Waals surface area contributed by atoms with E-state index in [1.54, 1.807) is 37.3 Å². The molecule has 0 radical (unpaired) electrons. The largest absolute Gasteiger partial charge is 0.342 e. The van der Waals surface area contributed by atoms with Crippen molar-refractivity contribution >= 4 is 35.4 Å². The van der Waals surface area contributed by atoms with Crippen LogP contribution in [0.2, 0.25) is 0 Å². The Hall–Kier alpha value is -6.68. The Labute approximate surface area is 460 Å². The number of benzene rings is 2. The topological polar surface area (TPSA) is 251 Å². The molecule has 2 aliphatic rings. The van der Waals surface area contributed by atoms with E-state index in [0.29, 0.717) is 65.0 Å². The molecule has 2 saturated heterocycles. The van der Waals surface area contributed by atoms with Crippen LogP contribution >= 0.6 is 0 Å². The number of unbranched alkanes of at least 4 members (excludes halogenated alkanes) is 5. The smallest absolute Gasteiger partial charge is 0.246 e. The standard InChI is InChI=1S/C56H86N16O6/c1-39(57-9)51(75)61-49(55(3,4)5)53(77)69-29-19-25-45(69)35-67(33-41-21-17-23-43(31-41)71-37-59-63-65-71)47(73)27-15-13-11-12-14-16-28-48(74)68(34-42-22-18-24-44(32-42)72-38-60-64-66-72)36-46-26-20-30-70(46)54(78)50(56(6,7)8)62-52(76)40(2)58-10/h17-18,21-24,31-32,37-40,45-46,49-50,57-58H,11-16,19-20,25-30,33-36H2,1-10H3,(H,61,75)(H,62,76)/t39-,40-,45-,46-,49+,50+/m0/s1. The molecule has 2 aromatic heterocycles. The molecule has 6 atom stereocenters. The third-order valence-corrected chi connectivity index (χ3v) is 15.2. The molecule has 0 aliphatic carbocycles. The lowest BCUT2D eigenvalue weighted by molar-refractivity contribution is -0.142. The normalized spacial score (nSPS) is 17.3.